The van der Waals surface area contributed by atoms with Crippen molar-refractivity contribution in [3.8, 4) is 23.5 Å². The van der Waals surface area contributed by atoms with Crippen molar-refractivity contribution in [2.24, 2.45) is 0 Å². The third-order valence-corrected chi connectivity index (χ3v) is 4.31. The van der Waals surface area contributed by atoms with Crippen LogP contribution in [0, 0.1) is 25.2 Å². The molecule has 0 bridgehead atoms. The van der Waals surface area contributed by atoms with Gasteiger partial charge < -0.3 is 18.9 Å². The van der Waals surface area contributed by atoms with Crippen LogP contribution < -0.4 is 10.1 Å². The molecule has 0 spiro atoms. The van der Waals surface area contributed by atoms with E-state index in [0.717, 1.165) is 23.3 Å². The number of benzene rings is 1. The molecular weight excluding hydrogens is 342 g/mol. The molecule has 1 aromatic carbocycles. The summed E-state index contributed by atoms with van der Waals surface area (Å²) in [7, 11) is 0. The first-order valence-corrected chi connectivity index (χ1v) is 8.96. The van der Waals surface area contributed by atoms with Crippen molar-refractivity contribution in [1.29, 1.82) is 5.26 Å². The second-order valence-electron chi connectivity index (χ2n) is 6.59. The Kier molecular flexibility index (Phi) is 5.51. The summed E-state index contributed by atoms with van der Waals surface area (Å²) in [5, 5.41) is 12.4. The van der Waals surface area contributed by atoms with Crippen LogP contribution in [0.2, 0.25) is 0 Å². The van der Waals surface area contributed by atoms with Gasteiger partial charge in [-0.1, -0.05) is 19.1 Å². The van der Waals surface area contributed by atoms with Crippen LogP contribution in [0.25, 0.3) is 11.7 Å². The van der Waals surface area contributed by atoms with Crippen molar-refractivity contribution in [2.75, 3.05) is 5.32 Å². The van der Waals surface area contributed by atoms with Gasteiger partial charge in [-0.3, -0.25) is 0 Å². The lowest BCUT2D eigenvalue weighted by Gasteiger charge is -2.09. The number of hydrogen-bond acceptors (Lipinski definition) is 6. The second kappa shape index (κ2) is 8.00. The summed E-state index contributed by atoms with van der Waals surface area (Å²) >= 11 is 0. The van der Waals surface area contributed by atoms with Crippen LogP contribution in [0.4, 0.5) is 5.88 Å². The molecule has 0 aliphatic heterocycles. The molecule has 0 amide bonds. The van der Waals surface area contributed by atoms with Gasteiger partial charge in [-0.05, 0) is 56.5 Å². The molecule has 0 saturated heterocycles. The normalized spacial score (nSPS) is 11.8. The second-order valence-corrected chi connectivity index (χ2v) is 6.59. The monoisotopic (exact) mass is 365 g/mol. The molecule has 0 fully saturated rings. The fourth-order valence-corrected chi connectivity index (χ4v) is 2.51. The molecular formula is C21H23N3O3. The summed E-state index contributed by atoms with van der Waals surface area (Å²) < 4.78 is 17.3. The van der Waals surface area contributed by atoms with Crippen LogP contribution in [-0.2, 0) is 6.61 Å². The maximum Gasteiger partial charge on any atom is 0.266 e. The molecule has 1 atom stereocenters. The van der Waals surface area contributed by atoms with Gasteiger partial charge >= 0.3 is 0 Å². The summed E-state index contributed by atoms with van der Waals surface area (Å²) in [6.45, 7) is 8.39. The topological polar surface area (TPSA) is 84.2 Å². The maximum atomic E-state index is 9.27. The number of anilines is 1. The lowest BCUT2D eigenvalue weighted by atomic mass is 10.1. The highest BCUT2D eigenvalue weighted by atomic mass is 16.5. The van der Waals surface area contributed by atoms with Crippen molar-refractivity contribution in [2.45, 2.75) is 46.8 Å². The Morgan fingerprint density at radius 2 is 2.04 bits per heavy atom. The third kappa shape index (κ3) is 4.32. The van der Waals surface area contributed by atoms with Crippen molar-refractivity contribution in [3.63, 3.8) is 0 Å². The van der Waals surface area contributed by atoms with Crippen LogP contribution >= 0.6 is 0 Å². The van der Waals surface area contributed by atoms with E-state index < -0.39 is 0 Å². The van der Waals surface area contributed by atoms with Crippen molar-refractivity contribution in [1.82, 2.24) is 4.98 Å². The molecule has 3 aromatic rings. The molecule has 0 radical (unpaired) electrons. The lowest BCUT2D eigenvalue weighted by Crippen LogP contribution is -2.13. The first-order valence-electron chi connectivity index (χ1n) is 8.96. The Balaban J connectivity index is 1.74. The minimum atomic E-state index is 0.177. The number of aryl methyl sites for hydroxylation is 2. The molecule has 2 heterocycles. The number of ether oxygens (including phenoxy) is 1. The quantitative estimate of drug-likeness (QED) is 0.618. The van der Waals surface area contributed by atoms with E-state index in [1.54, 1.807) is 6.07 Å². The largest absolute Gasteiger partial charge is 0.485 e. The van der Waals surface area contributed by atoms with Crippen LogP contribution in [0.5, 0.6) is 5.75 Å². The Labute approximate surface area is 158 Å². The Hall–Kier alpha value is -3.20. The zero-order valence-electron chi connectivity index (χ0n) is 16.0. The van der Waals surface area contributed by atoms with Crippen molar-refractivity contribution >= 4 is 5.88 Å². The number of nitrogens with one attached hydrogen (secondary N) is 1. The summed E-state index contributed by atoms with van der Waals surface area (Å²) in [6.07, 6.45) is 0.904. The molecule has 140 valence electrons. The fourth-order valence-electron chi connectivity index (χ4n) is 2.51. The number of nitriles is 1. The fraction of sp³-hybridized carbons (Fsp3) is 0.333. The minimum absolute atomic E-state index is 0.177. The van der Waals surface area contributed by atoms with Crippen molar-refractivity contribution in [3.05, 3.63) is 52.9 Å². The van der Waals surface area contributed by atoms with Gasteiger partial charge in [0, 0.05) is 6.04 Å². The molecule has 1 N–H and O–H groups in total. The van der Waals surface area contributed by atoms with E-state index in [-0.39, 0.29) is 17.6 Å². The average molecular weight is 365 g/mol. The van der Waals surface area contributed by atoms with Gasteiger partial charge in [-0.25, -0.2) is 0 Å². The number of oxazole rings is 1. The van der Waals surface area contributed by atoms with Gasteiger partial charge in [0.2, 0.25) is 11.6 Å². The van der Waals surface area contributed by atoms with Crippen LogP contribution in [0.1, 0.15) is 42.8 Å². The molecule has 1 unspecified atom stereocenters. The summed E-state index contributed by atoms with van der Waals surface area (Å²) in [6, 6.07) is 11.9. The van der Waals surface area contributed by atoms with E-state index in [9.17, 15) is 5.26 Å². The molecule has 27 heavy (non-hydrogen) atoms. The first kappa shape index (κ1) is 18.6. The zero-order chi connectivity index (χ0) is 19.4. The van der Waals surface area contributed by atoms with Gasteiger partial charge in [0.15, 0.2) is 5.76 Å². The maximum absolute atomic E-state index is 9.27. The Morgan fingerprint density at radius 3 is 2.78 bits per heavy atom. The molecule has 3 rings (SSSR count). The van der Waals surface area contributed by atoms with E-state index in [1.165, 1.54) is 0 Å². The summed E-state index contributed by atoms with van der Waals surface area (Å²) in [4.78, 5) is 4.22. The molecule has 0 saturated carbocycles. The van der Waals surface area contributed by atoms with Gasteiger partial charge in [0.05, 0.1) is 0 Å². The lowest BCUT2D eigenvalue weighted by molar-refractivity contribution is 0.269. The van der Waals surface area contributed by atoms with E-state index in [2.05, 4.69) is 17.2 Å². The molecule has 6 nitrogen and oxygen atoms in total. The van der Waals surface area contributed by atoms with Gasteiger partial charge in [-0.2, -0.15) is 10.2 Å². The highest BCUT2D eigenvalue weighted by molar-refractivity contribution is 5.54. The van der Waals surface area contributed by atoms with E-state index >= 15 is 0 Å². The molecule has 0 aliphatic carbocycles. The highest BCUT2D eigenvalue weighted by Crippen LogP contribution is 2.28. The van der Waals surface area contributed by atoms with Gasteiger partial charge in [0.25, 0.3) is 5.89 Å². The van der Waals surface area contributed by atoms with Crippen molar-refractivity contribution < 1.29 is 13.6 Å². The average Bonchev–Trinajstić information content (AvgIpc) is 3.29. The highest BCUT2D eigenvalue weighted by Gasteiger charge is 2.18. The number of furan rings is 1. The first-order chi connectivity index (χ1) is 13.0. The van der Waals surface area contributed by atoms with E-state index in [1.807, 2.05) is 51.1 Å². The smallest absolute Gasteiger partial charge is 0.266 e. The van der Waals surface area contributed by atoms with Crippen LogP contribution in [0.3, 0.4) is 0 Å². The number of aromatic nitrogens is 1. The standard InChI is InChI=1S/C21H23N3O3/c1-5-15(4)23-20-17(11-22)24-21(27-20)18-9-8-16(26-18)12-25-19-10-13(2)6-7-14(19)3/h6-10,15,23H,5,12H2,1-4H3. The van der Waals surface area contributed by atoms with Gasteiger partial charge in [0.1, 0.15) is 24.2 Å². The third-order valence-electron chi connectivity index (χ3n) is 4.31. The summed E-state index contributed by atoms with van der Waals surface area (Å²) in [5.74, 6) is 2.58. The summed E-state index contributed by atoms with van der Waals surface area (Å²) in [5.41, 5.74) is 2.43. The predicted molar refractivity (Wildman–Crippen MR) is 103 cm³/mol. The number of nitrogens with zero attached hydrogens (tertiary/aromatic N) is 2. The Morgan fingerprint density at radius 1 is 1.22 bits per heavy atom. The molecule has 0 aliphatic rings. The van der Waals surface area contributed by atoms with Crippen LogP contribution in [-0.4, -0.2) is 11.0 Å². The number of rotatable bonds is 7. The minimum Gasteiger partial charge on any atom is -0.485 e. The molecule has 6 heteroatoms. The van der Waals surface area contributed by atoms with E-state index in [0.29, 0.717) is 24.0 Å². The molecule has 2 aromatic heterocycles. The van der Waals surface area contributed by atoms with Gasteiger partial charge in [-0.15, -0.1) is 0 Å². The number of hydrogen-bond donors (Lipinski definition) is 1. The zero-order valence-corrected chi connectivity index (χ0v) is 16.0. The van der Waals surface area contributed by atoms with Crippen LogP contribution in [0.15, 0.2) is 39.2 Å². The Bertz CT molecular complexity index is 965. The predicted octanol–water partition coefficient (Wildman–Crippen LogP) is 5.21. The SMILES string of the molecule is CCC(C)Nc1oc(-c2ccc(COc3cc(C)ccc3C)o2)nc1C#N. The van der Waals surface area contributed by atoms with E-state index in [4.69, 9.17) is 13.6 Å².